The minimum absolute atomic E-state index is 0.00568. The number of aryl methyl sites for hydroxylation is 1. The highest BCUT2D eigenvalue weighted by Crippen LogP contribution is 2.49. The van der Waals surface area contributed by atoms with Gasteiger partial charge in [-0.25, -0.2) is 0 Å². The Labute approximate surface area is 177 Å². The second-order valence-electron chi connectivity index (χ2n) is 8.78. The maximum atomic E-state index is 12.4. The largest absolute Gasteiger partial charge is 0.497 e. The van der Waals surface area contributed by atoms with Crippen molar-refractivity contribution in [1.82, 2.24) is 9.88 Å². The fraction of sp³-hybridized carbons (Fsp3) is 0.346. The first-order chi connectivity index (χ1) is 14.6. The lowest BCUT2D eigenvalue weighted by atomic mass is 9.58. The third-order valence-electron chi connectivity index (χ3n) is 7.36. The monoisotopic (exact) mass is 400 g/mol. The Morgan fingerprint density at radius 3 is 2.93 bits per heavy atom. The van der Waals surface area contributed by atoms with Gasteiger partial charge < -0.3 is 14.6 Å². The molecule has 2 aliphatic rings. The van der Waals surface area contributed by atoms with E-state index in [2.05, 4.69) is 54.9 Å². The van der Waals surface area contributed by atoms with E-state index in [1.165, 1.54) is 39.4 Å². The predicted molar refractivity (Wildman–Crippen MR) is 120 cm³/mol. The van der Waals surface area contributed by atoms with Crippen molar-refractivity contribution in [2.75, 3.05) is 20.2 Å². The van der Waals surface area contributed by atoms with Crippen molar-refractivity contribution in [3.05, 3.63) is 77.5 Å². The lowest BCUT2D eigenvalue weighted by Gasteiger charge is -2.51. The second kappa shape index (κ2) is 7.05. The van der Waals surface area contributed by atoms with E-state index in [4.69, 9.17) is 4.74 Å². The number of rotatable bonds is 3. The first-order valence-electron chi connectivity index (χ1n) is 10.7. The van der Waals surface area contributed by atoms with Crippen LogP contribution in [0.4, 0.5) is 0 Å². The maximum Gasteiger partial charge on any atom is 0.245 e. The molecule has 1 aromatic heterocycles. The molecular weight excluding hydrogens is 372 g/mol. The number of H-pyrrole nitrogens is 1. The standard InChI is InChI=1S/C26H28N2O2/c1-4-24(29)28-12-11-26(18-8-6-9-20(13-18)30-3)15-23-22(14-19(26)16-28)21-10-5-7-17(2)25(21)27-23/h4-10,13,19,27H,1,11-12,14-16H2,2-3H3/t19?,26-/m1/s1. The molecule has 1 aliphatic carbocycles. The van der Waals surface area contributed by atoms with Crippen LogP contribution in [-0.2, 0) is 23.1 Å². The van der Waals surface area contributed by atoms with Crippen LogP contribution in [0.1, 0.15) is 28.8 Å². The Hall–Kier alpha value is -3.01. The molecule has 1 aliphatic heterocycles. The van der Waals surface area contributed by atoms with Gasteiger partial charge in [0.05, 0.1) is 7.11 Å². The molecule has 30 heavy (non-hydrogen) atoms. The first kappa shape index (κ1) is 19.0. The fourth-order valence-corrected chi connectivity index (χ4v) is 5.73. The van der Waals surface area contributed by atoms with E-state index in [1.54, 1.807) is 7.11 Å². The minimum Gasteiger partial charge on any atom is -0.497 e. The van der Waals surface area contributed by atoms with Gasteiger partial charge in [-0.2, -0.15) is 0 Å². The smallest absolute Gasteiger partial charge is 0.245 e. The summed E-state index contributed by atoms with van der Waals surface area (Å²) in [6.45, 7) is 7.39. The van der Waals surface area contributed by atoms with E-state index >= 15 is 0 Å². The van der Waals surface area contributed by atoms with Gasteiger partial charge in [0, 0.05) is 35.1 Å². The summed E-state index contributed by atoms with van der Waals surface area (Å²) in [5.41, 5.74) is 6.61. The lowest BCUT2D eigenvalue weighted by Crippen LogP contribution is -2.54. The van der Waals surface area contributed by atoms with Crippen LogP contribution in [0.2, 0.25) is 0 Å². The number of piperidine rings is 1. The average Bonchev–Trinajstić information content (AvgIpc) is 3.15. The normalized spacial score (nSPS) is 23.0. The molecule has 2 aromatic carbocycles. The number of hydrogen-bond acceptors (Lipinski definition) is 2. The topological polar surface area (TPSA) is 45.3 Å². The number of fused-ring (bicyclic) bond motifs is 4. The number of methoxy groups -OCH3 is 1. The molecule has 0 spiro atoms. The summed E-state index contributed by atoms with van der Waals surface area (Å²) in [4.78, 5) is 18.1. The van der Waals surface area contributed by atoms with Crippen LogP contribution in [-0.4, -0.2) is 36.0 Å². The van der Waals surface area contributed by atoms with Crippen LogP contribution >= 0.6 is 0 Å². The Balaban J connectivity index is 1.65. The van der Waals surface area contributed by atoms with Gasteiger partial charge in [0.25, 0.3) is 0 Å². The van der Waals surface area contributed by atoms with Crippen molar-refractivity contribution in [3.63, 3.8) is 0 Å². The van der Waals surface area contributed by atoms with Crippen molar-refractivity contribution in [2.45, 2.75) is 31.6 Å². The van der Waals surface area contributed by atoms with E-state index < -0.39 is 0 Å². The van der Waals surface area contributed by atoms with Gasteiger partial charge in [0.15, 0.2) is 0 Å². The number of nitrogens with one attached hydrogen (secondary N) is 1. The highest BCUT2D eigenvalue weighted by Gasteiger charge is 2.48. The number of nitrogens with zero attached hydrogens (tertiary/aromatic N) is 1. The van der Waals surface area contributed by atoms with E-state index in [0.29, 0.717) is 5.92 Å². The van der Waals surface area contributed by atoms with Crippen LogP contribution in [0.3, 0.4) is 0 Å². The number of benzene rings is 2. The number of amides is 1. The number of ether oxygens (including phenoxy) is 1. The summed E-state index contributed by atoms with van der Waals surface area (Å²) < 4.78 is 5.55. The molecule has 2 heterocycles. The van der Waals surface area contributed by atoms with Gasteiger partial charge in [0.2, 0.25) is 5.91 Å². The Morgan fingerprint density at radius 2 is 2.13 bits per heavy atom. The van der Waals surface area contributed by atoms with Crippen molar-refractivity contribution in [1.29, 1.82) is 0 Å². The lowest BCUT2D eigenvalue weighted by molar-refractivity contribution is -0.129. The Kier molecular flexibility index (Phi) is 4.46. The van der Waals surface area contributed by atoms with Gasteiger partial charge in [0.1, 0.15) is 5.75 Å². The zero-order valence-corrected chi connectivity index (χ0v) is 17.7. The maximum absolute atomic E-state index is 12.4. The molecular formula is C26H28N2O2. The van der Waals surface area contributed by atoms with Gasteiger partial charge in [-0.1, -0.05) is 36.9 Å². The molecule has 4 heteroatoms. The van der Waals surface area contributed by atoms with Crippen molar-refractivity contribution in [2.24, 2.45) is 5.92 Å². The van der Waals surface area contributed by atoms with Gasteiger partial charge in [-0.3, -0.25) is 4.79 Å². The second-order valence-corrected chi connectivity index (χ2v) is 8.78. The number of carbonyl (C=O) groups is 1. The summed E-state index contributed by atoms with van der Waals surface area (Å²) in [6, 6.07) is 15.1. The minimum atomic E-state index is -0.00568. The zero-order valence-electron chi connectivity index (χ0n) is 17.7. The van der Waals surface area contributed by atoms with Crippen molar-refractivity contribution < 1.29 is 9.53 Å². The molecule has 1 saturated heterocycles. The number of hydrogen-bond donors (Lipinski definition) is 1. The van der Waals surface area contributed by atoms with Crippen molar-refractivity contribution >= 4 is 16.8 Å². The van der Waals surface area contributed by atoms with Gasteiger partial charge in [-0.15, -0.1) is 0 Å². The number of likely N-dealkylation sites (tertiary alicyclic amines) is 1. The molecule has 2 atom stereocenters. The molecule has 1 amide bonds. The average molecular weight is 401 g/mol. The quantitative estimate of drug-likeness (QED) is 0.655. The summed E-state index contributed by atoms with van der Waals surface area (Å²) >= 11 is 0. The van der Waals surface area contributed by atoms with Crippen molar-refractivity contribution in [3.8, 4) is 5.75 Å². The van der Waals surface area contributed by atoms with Crippen LogP contribution in [0, 0.1) is 12.8 Å². The Morgan fingerprint density at radius 1 is 1.30 bits per heavy atom. The molecule has 1 N–H and O–H groups in total. The summed E-state index contributed by atoms with van der Waals surface area (Å²) in [7, 11) is 1.72. The number of carbonyl (C=O) groups excluding carboxylic acids is 1. The SMILES string of the molecule is C=CC(=O)N1CC[C@]2(c3cccc(OC)c3)Cc3[nH]c4c(C)cccc4c3CC2C1. The molecule has 0 radical (unpaired) electrons. The Bertz CT molecular complexity index is 1150. The number of para-hydroxylation sites is 1. The van der Waals surface area contributed by atoms with E-state index in [1.807, 2.05) is 11.0 Å². The predicted octanol–water partition coefficient (Wildman–Crippen LogP) is 4.56. The molecule has 3 aromatic rings. The first-order valence-corrected chi connectivity index (χ1v) is 10.7. The highest BCUT2D eigenvalue weighted by atomic mass is 16.5. The molecule has 0 saturated carbocycles. The summed E-state index contributed by atoms with van der Waals surface area (Å²) in [5.74, 6) is 1.28. The van der Waals surface area contributed by atoms with Gasteiger partial charge >= 0.3 is 0 Å². The van der Waals surface area contributed by atoms with Crippen LogP contribution in [0.15, 0.2) is 55.1 Å². The molecule has 0 bridgehead atoms. The summed E-state index contributed by atoms with van der Waals surface area (Å²) in [6.07, 6.45) is 4.32. The molecule has 5 rings (SSSR count). The third-order valence-corrected chi connectivity index (χ3v) is 7.36. The zero-order chi connectivity index (χ0) is 20.9. The van der Waals surface area contributed by atoms with Crippen LogP contribution in [0.25, 0.3) is 10.9 Å². The van der Waals surface area contributed by atoms with Crippen LogP contribution in [0.5, 0.6) is 5.75 Å². The number of aromatic nitrogens is 1. The molecule has 4 nitrogen and oxygen atoms in total. The van der Waals surface area contributed by atoms with E-state index in [0.717, 1.165) is 38.1 Å². The van der Waals surface area contributed by atoms with Gasteiger partial charge in [-0.05, 0) is 67.0 Å². The van der Waals surface area contributed by atoms with Crippen LogP contribution < -0.4 is 4.74 Å². The highest BCUT2D eigenvalue weighted by molar-refractivity contribution is 5.88. The molecule has 1 fully saturated rings. The molecule has 1 unspecified atom stereocenters. The third kappa shape index (κ3) is 2.78. The van der Waals surface area contributed by atoms with E-state index in [-0.39, 0.29) is 11.3 Å². The van der Waals surface area contributed by atoms with E-state index in [9.17, 15) is 4.79 Å². The number of aromatic amines is 1. The summed E-state index contributed by atoms with van der Waals surface area (Å²) in [5, 5.41) is 1.33. The fourth-order valence-electron chi connectivity index (χ4n) is 5.73. The molecule has 154 valence electrons.